The average Bonchev–Trinajstić information content (AvgIpc) is 3.51. The Hall–Kier alpha value is -3.49. The molecule has 1 aliphatic heterocycles. The lowest BCUT2D eigenvalue weighted by Gasteiger charge is -2.41. The zero-order chi connectivity index (χ0) is 24.4. The molecule has 6 nitrogen and oxygen atoms in total. The lowest BCUT2D eigenvalue weighted by atomic mass is 9.95. The summed E-state index contributed by atoms with van der Waals surface area (Å²) < 4.78 is 19.7. The van der Waals surface area contributed by atoms with E-state index in [0.717, 1.165) is 39.7 Å². The van der Waals surface area contributed by atoms with Crippen molar-refractivity contribution in [2.45, 2.75) is 19.9 Å². The van der Waals surface area contributed by atoms with Crippen LogP contribution in [0.25, 0.3) is 0 Å². The van der Waals surface area contributed by atoms with E-state index in [1.165, 1.54) is 12.3 Å². The Morgan fingerprint density at radius 3 is 2.57 bits per heavy atom. The zero-order valence-electron chi connectivity index (χ0n) is 19.7. The minimum absolute atomic E-state index is 0.0941. The highest BCUT2D eigenvalue weighted by atomic mass is 32.1. The van der Waals surface area contributed by atoms with Gasteiger partial charge in [0.15, 0.2) is 5.76 Å². The van der Waals surface area contributed by atoms with Gasteiger partial charge in [0.05, 0.1) is 18.0 Å². The molecular weight excluding hydrogens is 463 g/mol. The first-order valence-electron chi connectivity index (χ1n) is 11.6. The minimum Gasteiger partial charge on any atom is -0.459 e. The molecule has 1 saturated heterocycles. The van der Waals surface area contributed by atoms with Gasteiger partial charge in [-0.1, -0.05) is 18.2 Å². The van der Waals surface area contributed by atoms with Crippen LogP contribution in [0.4, 0.5) is 15.1 Å². The number of hydrogen-bond donors (Lipinski definition) is 1. The topological polar surface area (TPSA) is 61.6 Å². The van der Waals surface area contributed by atoms with E-state index in [9.17, 15) is 9.18 Å². The number of benzene rings is 1. The van der Waals surface area contributed by atoms with Crippen LogP contribution in [0.1, 0.15) is 38.2 Å². The van der Waals surface area contributed by atoms with Gasteiger partial charge in [-0.2, -0.15) is 0 Å². The number of nitrogens with zero attached hydrogens (tertiary/aromatic N) is 3. The van der Waals surface area contributed by atoms with Gasteiger partial charge in [0.25, 0.3) is 5.91 Å². The molecule has 0 bridgehead atoms. The largest absolute Gasteiger partial charge is 0.459 e. The molecule has 3 aromatic heterocycles. The van der Waals surface area contributed by atoms with Crippen LogP contribution in [0.5, 0.6) is 0 Å². The summed E-state index contributed by atoms with van der Waals surface area (Å²) in [5, 5.41) is 3.90. The quantitative estimate of drug-likeness (QED) is 0.378. The Labute approximate surface area is 208 Å². The first kappa shape index (κ1) is 23.3. The monoisotopic (exact) mass is 490 g/mol. The Balaban J connectivity index is 1.47. The first-order valence-corrected chi connectivity index (χ1v) is 12.4. The molecule has 1 aromatic carbocycles. The number of pyridine rings is 1. The van der Waals surface area contributed by atoms with Crippen LogP contribution in [0.2, 0.25) is 0 Å². The summed E-state index contributed by atoms with van der Waals surface area (Å²) in [6.45, 7) is 7.06. The number of anilines is 2. The number of carbonyl (C=O) groups is 1. The van der Waals surface area contributed by atoms with Gasteiger partial charge in [-0.3, -0.25) is 14.7 Å². The molecule has 1 aliphatic rings. The minimum atomic E-state index is -0.271. The van der Waals surface area contributed by atoms with Crippen LogP contribution >= 0.6 is 11.3 Å². The van der Waals surface area contributed by atoms with Crippen LogP contribution in [0, 0.1) is 19.7 Å². The van der Waals surface area contributed by atoms with Crippen LogP contribution in [0.15, 0.2) is 71.6 Å². The van der Waals surface area contributed by atoms with E-state index in [1.807, 2.05) is 24.4 Å². The van der Waals surface area contributed by atoms with E-state index in [0.29, 0.717) is 18.8 Å². The SMILES string of the molecule is Cc1sc(NC(=O)c2ccco2)c(C(c2cccnc2)N2CCN(c3ccccc3F)CC2)c1C. The fourth-order valence-electron chi connectivity index (χ4n) is 4.67. The molecule has 0 aliphatic carbocycles. The molecule has 1 fully saturated rings. The molecule has 0 spiro atoms. The fourth-order valence-corrected chi connectivity index (χ4v) is 5.75. The number of hydrogen-bond acceptors (Lipinski definition) is 6. The summed E-state index contributed by atoms with van der Waals surface area (Å²) in [6.07, 6.45) is 5.15. The second kappa shape index (κ2) is 10.0. The summed E-state index contributed by atoms with van der Waals surface area (Å²) in [5.41, 5.74) is 3.91. The molecule has 4 heterocycles. The molecular formula is C27H27FN4O2S. The van der Waals surface area contributed by atoms with Gasteiger partial charge < -0.3 is 14.6 Å². The van der Waals surface area contributed by atoms with E-state index in [1.54, 1.807) is 35.7 Å². The van der Waals surface area contributed by atoms with Gasteiger partial charge in [-0.25, -0.2) is 4.39 Å². The summed E-state index contributed by atoms with van der Waals surface area (Å²) in [4.78, 5) is 22.9. The second-order valence-corrected chi connectivity index (χ2v) is 9.85. The van der Waals surface area contributed by atoms with Crippen molar-refractivity contribution in [1.29, 1.82) is 0 Å². The van der Waals surface area contributed by atoms with Crippen molar-refractivity contribution in [1.82, 2.24) is 9.88 Å². The van der Waals surface area contributed by atoms with Crippen molar-refractivity contribution in [3.63, 3.8) is 0 Å². The molecule has 0 saturated carbocycles. The summed E-state index contributed by atoms with van der Waals surface area (Å²) in [5.74, 6) is -0.195. The second-order valence-electron chi connectivity index (χ2n) is 8.62. The van der Waals surface area contributed by atoms with Crippen molar-refractivity contribution < 1.29 is 13.6 Å². The Morgan fingerprint density at radius 1 is 1.09 bits per heavy atom. The number of furan rings is 1. The Bertz CT molecular complexity index is 1300. The highest BCUT2D eigenvalue weighted by Crippen LogP contribution is 2.42. The summed E-state index contributed by atoms with van der Waals surface area (Å²) in [7, 11) is 0. The molecule has 5 rings (SSSR count). The number of thiophene rings is 1. The van der Waals surface area contributed by atoms with Crippen LogP contribution in [-0.2, 0) is 0 Å². The average molecular weight is 491 g/mol. The maximum atomic E-state index is 14.4. The molecule has 1 amide bonds. The normalized spacial score (nSPS) is 15.2. The molecule has 35 heavy (non-hydrogen) atoms. The van der Waals surface area contributed by atoms with Crippen LogP contribution in [0.3, 0.4) is 0 Å². The van der Waals surface area contributed by atoms with Gasteiger partial charge in [-0.05, 0) is 55.3 Å². The number of piperazine rings is 1. The standard InChI is InChI=1S/C27H27FN4O2S/c1-18-19(2)35-27(30-26(33)23-10-6-16-34-23)24(18)25(20-7-5-11-29-17-20)32-14-12-31(13-15-32)22-9-4-3-8-21(22)28/h3-11,16-17,25H,12-15H2,1-2H3,(H,30,33). The molecule has 8 heteroatoms. The van der Waals surface area contributed by atoms with Gasteiger partial charge in [0.2, 0.25) is 0 Å². The van der Waals surface area contributed by atoms with E-state index >= 15 is 0 Å². The number of carbonyl (C=O) groups excluding carboxylic acids is 1. The van der Waals surface area contributed by atoms with Crippen molar-refractivity contribution in [3.8, 4) is 0 Å². The van der Waals surface area contributed by atoms with Crippen molar-refractivity contribution >= 4 is 27.9 Å². The summed E-state index contributed by atoms with van der Waals surface area (Å²) in [6, 6.07) is 14.2. The van der Waals surface area contributed by atoms with Crippen molar-refractivity contribution in [3.05, 3.63) is 100 Å². The number of nitrogens with one attached hydrogen (secondary N) is 1. The molecule has 1 atom stereocenters. The zero-order valence-corrected chi connectivity index (χ0v) is 20.5. The van der Waals surface area contributed by atoms with Crippen molar-refractivity contribution in [2.75, 3.05) is 36.4 Å². The van der Waals surface area contributed by atoms with Gasteiger partial charge >= 0.3 is 0 Å². The molecule has 1 unspecified atom stereocenters. The van der Waals surface area contributed by atoms with Crippen LogP contribution < -0.4 is 10.2 Å². The molecule has 1 N–H and O–H groups in total. The van der Waals surface area contributed by atoms with Crippen molar-refractivity contribution in [2.24, 2.45) is 0 Å². The lowest BCUT2D eigenvalue weighted by Crippen LogP contribution is -2.48. The number of aryl methyl sites for hydroxylation is 1. The maximum Gasteiger partial charge on any atom is 0.291 e. The van der Waals surface area contributed by atoms with Gasteiger partial charge in [0, 0.05) is 49.0 Å². The molecule has 4 aromatic rings. The highest BCUT2D eigenvalue weighted by molar-refractivity contribution is 7.16. The van der Waals surface area contributed by atoms with E-state index in [-0.39, 0.29) is 23.5 Å². The van der Waals surface area contributed by atoms with Crippen LogP contribution in [-0.4, -0.2) is 42.0 Å². The van der Waals surface area contributed by atoms with Gasteiger partial charge in [0.1, 0.15) is 10.8 Å². The number of aromatic nitrogens is 1. The smallest absolute Gasteiger partial charge is 0.291 e. The third kappa shape index (κ3) is 4.72. The summed E-state index contributed by atoms with van der Waals surface area (Å²) >= 11 is 1.57. The lowest BCUT2D eigenvalue weighted by molar-refractivity contribution is 0.0996. The number of halogens is 1. The number of para-hydroxylation sites is 1. The number of amides is 1. The Morgan fingerprint density at radius 2 is 1.89 bits per heavy atom. The van der Waals surface area contributed by atoms with E-state index in [4.69, 9.17) is 4.42 Å². The third-order valence-corrected chi connectivity index (χ3v) is 7.69. The predicted octanol–water partition coefficient (Wildman–Crippen LogP) is 5.66. The third-order valence-electron chi connectivity index (χ3n) is 6.55. The molecule has 0 radical (unpaired) electrons. The first-order chi connectivity index (χ1) is 17.0. The maximum absolute atomic E-state index is 14.4. The highest BCUT2D eigenvalue weighted by Gasteiger charge is 2.32. The molecule has 180 valence electrons. The van der Waals surface area contributed by atoms with E-state index in [2.05, 4.69) is 40.0 Å². The predicted molar refractivity (Wildman–Crippen MR) is 137 cm³/mol. The van der Waals surface area contributed by atoms with E-state index < -0.39 is 0 Å². The number of rotatable bonds is 6. The Kier molecular flexibility index (Phi) is 6.66. The fraction of sp³-hybridized carbons (Fsp3) is 0.259. The van der Waals surface area contributed by atoms with Gasteiger partial charge in [-0.15, -0.1) is 11.3 Å².